The molecule has 1 heterocycles. The van der Waals surface area contributed by atoms with Gasteiger partial charge >= 0.3 is 6.18 Å². The molecule has 0 unspecified atom stereocenters. The van der Waals surface area contributed by atoms with Gasteiger partial charge in [0, 0.05) is 13.1 Å². The fraction of sp³-hybridized carbons (Fsp3) is 0.500. The summed E-state index contributed by atoms with van der Waals surface area (Å²) in [5.41, 5.74) is -0.870. The van der Waals surface area contributed by atoms with Crippen molar-refractivity contribution in [3.05, 3.63) is 29.8 Å². The van der Waals surface area contributed by atoms with Gasteiger partial charge in [0.1, 0.15) is 6.61 Å². The van der Waals surface area contributed by atoms with Gasteiger partial charge in [0.25, 0.3) is 0 Å². The second-order valence-electron chi connectivity index (χ2n) is 5.59. The topological polar surface area (TPSA) is 46.6 Å². The van der Waals surface area contributed by atoms with Crippen LogP contribution in [0.1, 0.15) is 18.4 Å². The highest BCUT2D eigenvalue weighted by atomic mass is 32.2. The lowest BCUT2D eigenvalue weighted by molar-refractivity contribution is -0.137. The first-order chi connectivity index (χ1) is 11.2. The van der Waals surface area contributed by atoms with Crippen LogP contribution in [0.5, 0.6) is 0 Å². The highest BCUT2D eigenvalue weighted by Crippen LogP contribution is 2.31. The molecule has 0 aliphatic carbocycles. The minimum absolute atomic E-state index is 0.127. The van der Waals surface area contributed by atoms with Crippen LogP contribution in [0.3, 0.4) is 0 Å². The Kier molecular flexibility index (Phi) is 5.91. The van der Waals surface area contributed by atoms with Crippen molar-refractivity contribution in [1.82, 2.24) is 4.31 Å². The van der Waals surface area contributed by atoms with Gasteiger partial charge < -0.3 is 4.74 Å². The lowest BCUT2D eigenvalue weighted by atomic mass is 9.99. The molecule has 0 aromatic heterocycles. The molecule has 132 valence electrons. The minimum Gasteiger partial charge on any atom is -0.369 e. The first-order valence-corrected chi connectivity index (χ1v) is 8.88. The second kappa shape index (κ2) is 7.55. The number of hydrogen-bond donors (Lipinski definition) is 0. The van der Waals surface area contributed by atoms with Gasteiger partial charge in [-0.3, -0.25) is 0 Å². The number of nitrogens with zero attached hydrogens (tertiary/aromatic N) is 1. The number of piperidine rings is 1. The van der Waals surface area contributed by atoms with Crippen molar-refractivity contribution >= 4 is 10.0 Å². The molecule has 24 heavy (non-hydrogen) atoms. The average molecular weight is 361 g/mol. The third-order valence-electron chi connectivity index (χ3n) is 3.93. The number of terminal acetylenes is 1. The average Bonchev–Trinajstić information content (AvgIpc) is 2.55. The Morgan fingerprint density at radius 2 is 1.79 bits per heavy atom. The predicted octanol–water partition coefficient (Wildman–Crippen LogP) is 2.76. The maximum atomic E-state index is 12.6. The molecule has 8 heteroatoms. The van der Waals surface area contributed by atoms with Gasteiger partial charge in [0.15, 0.2) is 0 Å². The fourth-order valence-corrected chi connectivity index (χ4v) is 4.04. The first-order valence-electron chi connectivity index (χ1n) is 7.44. The van der Waals surface area contributed by atoms with E-state index in [1.54, 1.807) is 0 Å². The standard InChI is InChI=1S/C16H18F3NO3S/c1-2-11-23-12-13-7-9-20(10-8-13)24(21,22)15-5-3-14(4-6-15)16(17,18)19/h1,3-6,13H,7-12H2. The van der Waals surface area contributed by atoms with Crippen molar-refractivity contribution in [1.29, 1.82) is 0 Å². The Balaban J connectivity index is 2.00. The number of halogens is 3. The van der Waals surface area contributed by atoms with Crippen LogP contribution < -0.4 is 0 Å². The molecule has 1 aliphatic heterocycles. The summed E-state index contributed by atoms with van der Waals surface area (Å²) >= 11 is 0. The second-order valence-corrected chi connectivity index (χ2v) is 7.53. The molecule has 1 fully saturated rings. The molecule has 0 spiro atoms. The molecule has 4 nitrogen and oxygen atoms in total. The van der Waals surface area contributed by atoms with Gasteiger partial charge in [-0.1, -0.05) is 5.92 Å². The number of ether oxygens (including phenoxy) is 1. The Labute approximate surface area is 139 Å². The quantitative estimate of drug-likeness (QED) is 0.598. The predicted molar refractivity (Wildman–Crippen MR) is 82.6 cm³/mol. The number of benzene rings is 1. The largest absolute Gasteiger partial charge is 0.416 e. The van der Waals surface area contributed by atoms with Gasteiger partial charge in [0.05, 0.1) is 17.1 Å². The van der Waals surface area contributed by atoms with E-state index in [1.165, 1.54) is 4.31 Å². The summed E-state index contributed by atoms with van der Waals surface area (Å²) in [5, 5.41) is 0. The van der Waals surface area contributed by atoms with Crippen LogP contribution in [0.25, 0.3) is 0 Å². The zero-order valence-corrected chi connectivity index (χ0v) is 13.7. The third kappa shape index (κ3) is 4.50. The summed E-state index contributed by atoms with van der Waals surface area (Å²) < 4.78 is 69.2. The maximum absolute atomic E-state index is 12.6. The first kappa shape index (κ1) is 18.8. The highest BCUT2D eigenvalue weighted by molar-refractivity contribution is 7.89. The molecule has 0 bridgehead atoms. The van der Waals surface area contributed by atoms with E-state index >= 15 is 0 Å². The van der Waals surface area contributed by atoms with Crippen molar-refractivity contribution in [2.24, 2.45) is 5.92 Å². The van der Waals surface area contributed by atoms with Gasteiger partial charge in [-0.05, 0) is 43.0 Å². The van der Waals surface area contributed by atoms with Crippen LogP contribution in [-0.2, 0) is 20.9 Å². The molecular formula is C16H18F3NO3S. The Hall–Kier alpha value is -1.56. The van der Waals surface area contributed by atoms with E-state index < -0.39 is 21.8 Å². The SMILES string of the molecule is C#CCOCC1CCN(S(=O)(=O)c2ccc(C(F)(F)F)cc2)CC1. The molecule has 0 N–H and O–H groups in total. The van der Waals surface area contributed by atoms with Gasteiger partial charge in [0.2, 0.25) is 10.0 Å². The Morgan fingerprint density at radius 3 is 2.29 bits per heavy atom. The molecule has 0 saturated carbocycles. The molecule has 1 aromatic carbocycles. The van der Waals surface area contributed by atoms with E-state index in [9.17, 15) is 21.6 Å². The number of rotatable bonds is 5. The van der Waals surface area contributed by atoms with Crippen molar-refractivity contribution in [2.45, 2.75) is 23.9 Å². The molecule has 0 atom stereocenters. The van der Waals surface area contributed by atoms with Crippen molar-refractivity contribution in [3.8, 4) is 12.3 Å². The number of sulfonamides is 1. The Morgan fingerprint density at radius 1 is 1.21 bits per heavy atom. The summed E-state index contributed by atoms with van der Waals surface area (Å²) in [7, 11) is -3.78. The van der Waals surface area contributed by atoms with Crippen LogP contribution in [0.15, 0.2) is 29.2 Å². The fourth-order valence-electron chi connectivity index (χ4n) is 2.57. The van der Waals surface area contributed by atoms with Crippen LogP contribution in [-0.4, -0.2) is 39.0 Å². The van der Waals surface area contributed by atoms with E-state index in [4.69, 9.17) is 11.2 Å². The zero-order valence-electron chi connectivity index (χ0n) is 12.9. The summed E-state index contributed by atoms with van der Waals surface area (Å²) in [6, 6.07) is 3.57. The van der Waals surface area contributed by atoms with E-state index in [1.807, 2.05) is 0 Å². The van der Waals surface area contributed by atoms with E-state index in [0.717, 1.165) is 24.3 Å². The molecule has 2 rings (SSSR count). The van der Waals surface area contributed by atoms with Crippen molar-refractivity contribution in [2.75, 3.05) is 26.3 Å². The van der Waals surface area contributed by atoms with Crippen LogP contribution >= 0.6 is 0 Å². The van der Waals surface area contributed by atoms with Gasteiger partial charge in [-0.25, -0.2) is 8.42 Å². The van der Waals surface area contributed by atoms with Crippen LogP contribution in [0.4, 0.5) is 13.2 Å². The lowest BCUT2D eigenvalue weighted by Crippen LogP contribution is -2.39. The minimum atomic E-state index is -4.49. The lowest BCUT2D eigenvalue weighted by Gasteiger charge is -2.31. The van der Waals surface area contributed by atoms with Crippen molar-refractivity contribution < 1.29 is 26.3 Å². The van der Waals surface area contributed by atoms with Gasteiger partial charge in [-0.2, -0.15) is 17.5 Å². The molecular weight excluding hydrogens is 343 g/mol. The summed E-state index contributed by atoms with van der Waals surface area (Å²) in [6.07, 6.45) is 1.86. The highest BCUT2D eigenvalue weighted by Gasteiger charge is 2.32. The normalized spacial score (nSPS) is 17.6. The van der Waals surface area contributed by atoms with Gasteiger partial charge in [-0.15, -0.1) is 6.42 Å². The summed E-state index contributed by atoms with van der Waals surface area (Å²) in [5.74, 6) is 2.60. The number of hydrogen-bond acceptors (Lipinski definition) is 3. The smallest absolute Gasteiger partial charge is 0.369 e. The monoisotopic (exact) mass is 361 g/mol. The zero-order chi connectivity index (χ0) is 17.8. The molecule has 0 radical (unpaired) electrons. The third-order valence-corrected chi connectivity index (χ3v) is 5.84. The maximum Gasteiger partial charge on any atom is 0.416 e. The summed E-state index contributed by atoms with van der Waals surface area (Å²) in [6.45, 7) is 1.34. The van der Waals surface area contributed by atoms with Crippen molar-refractivity contribution in [3.63, 3.8) is 0 Å². The molecule has 1 aromatic rings. The number of alkyl halides is 3. The van der Waals surface area contributed by atoms with Crippen LogP contribution in [0.2, 0.25) is 0 Å². The molecule has 1 saturated heterocycles. The van der Waals surface area contributed by atoms with E-state index in [0.29, 0.717) is 32.5 Å². The molecule has 1 aliphatic rings. The van der Waals surface area contributed by atoms with Crippen LogP contribution in [0, 0.1) is 18.3 Å². The Bertz CT molecular complexity index is 685. The van der Waals surface area contributed by atoms with E-state index in [-0.39, 0.29) is 17.4 Å². The molecule has 0 amide bonds. The van der Waals surface area contributed by atoms with E-state index in [2.05, 4.69) is 5.92 Å². The summed E-state index contributed by atoms with van der Waals surface area (Å²) in [4.78, 5) is -0.127.